The van der Waals surface area contributed by atoms with Crippen molar-refractivity contribution in [1.29, 1.82) is 0 Å². The van der Waals surface area contributed by atoms with Crippen LogP contribution >= 0.6 is 22.2 Å². The van der Waals surface area contributed by atoms with Crippen LogP contribution in [0, 0.1) is 0 Å². The molecule has 1 nitrogen and oxygen atoms in total. The highest BCUT2D eigenvalue weighted by molar-refractivity contribution is 7.32. The maximum Gasteiger partial charge on any atom is 0.309 e. The van der Waals surface area contributed by atoms with Crippen LogP contribution in [0.4, 0.5) is 0 Å². The van der Waals surface area contributed by atoms with Crippen molar-refractivity contribution in [2.75, 3.05) is 0 Å². The van der Waals surface area contributed by atoms with Gasteiger partial charge in [0.2, 0.25) is 0 Å². The zero-order chi connectivity index (χ0) is 8.31. The van der Waals surface area contributed by atoms with E-state index in [0.717, 1.165) is 0 Å². The van der Waals surface area contributed by atoms with Gasteiger partial charge in [-0.05, 0) is 12.1 Å². The maximum atomic E-state index is 5.86. The molecule has 0 amide bonds. The Morgan fingerprint density at radius 1 is 1.00 bits per heavy atom. The molecular formula is C6H15Cl2NSi. The summed E-state index contributed by atoms with van der Waals surface area (Å²) in [5.41, 5.74) is 0. The Balaban J connectivity index is 3.98. The Morgan fingerprint density at radius 2 is 1.30 bits per heavy atom. The third kappa shape index (κ3) is 3.24. The quantitative estimate of drug-likeness (QED) is 0.499. The summed E-state index contributed by atoms with van der Waals surface area (Å²) in [4.78, 5) is 0. The molecule has 0 bridgehead atoms. The lowest BCUT2D eigenvalue weighted by Gasteiger charge is -2.30. The van der Waals surface area contributed by atoms with Crippen molar-refractivity contribution in [3.8, 4) is 0 Å². The summed E-state index contributed by atoms with van der Waals surface area (Å²) in [5.74, 6) is 0. The van der Waals surface area contributed by atoms with Gasteiger partial charge in [0.1, 0.15) is 0 Å². The summed E-state index contributed by atoms with van der Waals surface area (Å²) in [7, 11) is -1.62. The monoisotopic (exact) mass is 199 g/mol. The third-order valence-corrected chi connectivity index (χ3v) is 4.41. The van der Waals surface area contributed by atoms with Crippen LogP contribution in [0.5, 0.6) is 0 Å². The molecule has 0 aliphatic rings. The van der Waals surface area contributed by atoms with Crippen molar-refractivity contribution in [1.82, 2.24) is 4.57 Å². The molecule has 0 rings (SSSR count). The van der Waals surface area contributed by atoms with E-state index in [0.29, 0.717) is 12.1 Å². The van der Waals surface area contributed by atoms with Crippen LogP contribution in [-0.2, 0) is 0 Å². The predicted octanol–water partition coefficient (Wildman–Crippen LogP) is 2.30. The van der Waals surface area contributed by atoms with Crippen molar-refractivity contribution < 1.29 is 0 Å². The van der Waals surface area contributed by atoms with Crippen LogP contribution in [0.3, 0.4) is 0 Å². The van der Waals surface area contributed by atoms with E-state index < -0.39 is 7.58 Å². The molecule has 0 aliphatic carbocycles. The van der Waals surface area contributed by atoms with Crippen LogP contribution in [-0.4, -0.2) is 24.2 Å². The Morgan fingerprint density at radius 3 is 1.30 bits per heavy atom. The molecule has 0 radical (unpaired) electrons. The summed E-state index contributed by atoms with van der Waals surface area (Å²) >= 11 is 11.7. The van der Waals surface area contributed by atoms with Crippen LogP contribution in [0.2, 0.25) is 0 Å². The van der Waals surface area contributed by atoms with Gasteiger partial charge in [0.05, 0.1) is 0 Å². The van der Waals surface area contributed by atoms with Gasteiger partial charge in [-0.3, -0.25) is 4.57 Å². The third-order valence-electron chi connectivity index (χ3n) is 1.42. The molecule has 62 valence electrons. The van der Waals surface area contributed by atoms with Gasteiger partial charge in [0.15, 0.2) is 0 Å². The molecule has 0 unspecified atom stereocenters. The number of hydrogen-bond acceptors (Lipinski definition) is 1. The summed E-state index contributed by atoms with van der Waals surface area (Å²) in [6.07, 6.45) is 0. The molecular weight excluding hydrogens is 185 g/mol. The van der Waals surface area contributed by atoms with E-state index in [4.69, 9.17) is 22.2 Å². The standard InChI is InChI=1S/C6H15Cl2NSi/c1-5(2)9(6(3)4)10(7)8/h5-6,10H,1-4H3. The normalized spacial score (nSPS) is 12.6. The lowest BCUT2D eigenvalue weighted by molar-refractivity contribution is 0.314. The molecule has 0 spiro atoms. The fourth-order valence-corrected chi connectivity index (χ4v) is 4.65. The topological polar surface area (TPSA) is 3.24 Å². The summed E-state index contributed by atoms with van der Waals surface area (Å²) in [6, 6.07) is 0.929. The average Bonchev–Trinajstić information content (AvgIpc) is 1.59. The zero-order valence-electron chi connectivity index (χ0n) is 6.94. The summed E-state index contributed by atoms with van der Waals surface area (Å²) in [6.45, 7) is 8.46. The molecule has 0 heterocycles. The molecule has 0 saturated carbocycles. The van der Waals surface area contributed by atoms with E-state index in [1.807, 2.05) is 0 Å². The molecule has 0 aliphatic heterocycles. The minimum Gasteiger partial charge on any atom is -0.298 e. The van der Waals surface area contributed by atoms with E-state index in [9.17, 15) is 0 Å². The SMILES string of the molecule is CC(C)N(C(C)C)[SiH](Cl)Cl. The first-order chi connectivity index (χ1) is 4.46. The van der Waals surface area contributed by atoms with Crippen LogP contribution in [0.15, 0.2) is 0 Å². The number of rotatable bonds is 3. The first-order valence-electron chi connectivity index (χ1n) is 3.52. The highest BCUT2D eigenvalue weighted by Gasteiger charge is 2.20. The largest absolute Gasteiger partial charge is 0.309 e. The number of hydrogen-bond donors (Lipinski definition) is 0. The second-order valence-corrected chi connectivity index (χ2v) is 7.21. The van der Waals surface area contributed by atoms with Gasteiger partial charge < -0.3 is 0 Å². The van der Waals surface area contributed by atoms with E-state index in [-0.39, 0.29) is 0 Å². The van der Waals surface area contributed by atoms with Crippen LogP contribution in [0.1, 0.15) is 27.7 Å². The van der Waals surface area contributed by atoms with Crippen molar-refractivity contribution >= 4 is 29.7 Å². The first kappa shape index (κ1) is 10.8. The van der Waals surface area contributed by atoms with Crippen LogP contribution in [0.25, 0.3) is 0 Å². The minimum absolute atomic E-state index is 0.465. The van der Waals surface area contributed by atoms with Gasteiger partial charge in [0, 0.05) is 0 Å². The fourth-order valence-electron chi connectivity index (χ4n) is 1.05. The minimum atomic E-state index is -1.62. The van der Waals surface area contributed by atoms with Crippen molar-refractivity contribution in [2.24, 2.45) is 0 Å². The lowest BCUT2D eigenvalue weighted by Crippen LogP contribution is -2.42. The Kier molecular flexibility index (Phi) is 4.95. The molecule has 0 saturated heterocycles. The average molecular weight is 200 g/mol. The van der Waals surface area contributed by atoms with Crippen molar-refractivity contribution in [2.45, 2.75) is 39.8 Å². The Hall–Kier alpha value is 0.757. The van der Waals surface area contributed by atoms with Gasteiger partial charge in [-0.1, -0.05) is 27.7 Å². The van der Waals surface area contributed by atoms with Gasteiger partial charge in [-0.25, -0.2) is 0 Å². The highest BCUT2D eigenvalue weighted by atomic mass is 35.7. The second-order valence-electron chi connectivity index (χ2n) is 2.91. The molecule has 0 aromatic heterocycles. The summed E-state index contributed by atoms with van der Waals surface area (Å²) < 4.78 is 2.17. The van der Waals surface area contributed by atoms with E-state index >= 15 is 0 Å². The number of halogens is 2. The van der Waals surface area contributed by atoms with Gasteiger partial charge >= 0.3 is 7.58 Å². The lowest BCUT2D eigenvalue weighted by atomic mass is 10.3. The fraction of sp³-hybridized carbons (Fsp3) is 1.00. The van der Waals surface area contributed by atoms with Gasteiger partial charge in [-0.15, -0.1) is 22.2 Å². The first-order valence-corrected chi connectivity index (χ1v) is 7.53. The maximum absolute atomic E-state index is 5.86. The molecule has 0 atom stereocenters. The zero-order valence-corrected chi connectivity index (χ0v) is 9.60. The Bertz CT molecular complexity index is 76.7. The molecule has 4 heteroatoms. The van der Waals surface area contributed by atoms with E-state index in [1.54, 1.807) is 0 Å². The van der Waals surface area contributed by atoms with Crippen molar-refractivity contribution in [3.05, 3.63) is 0 Å². The van der Waals surface area contributed by atoms with Crippen LogP contribution < -0.4 is 0 Å². The second kappa shape index (κ2) is 4.60. The number of nitrogens with zero attached hydrogens (tertiary/aromatic N) is 1. The molecule has 0 aromatic carbocycles. The smallest absolute Gasteiger partial charge is 0.298 e. The van der Waals surface area contributed by atoms with Gasteiger partial charge in [0.25, 0.3) is 0 Å². The van der Waals surface area contributed by atoms with E-state index in [1.165, 1.54) is 0 Å². The molecule has 0 fully saturated rings. The van der Waals surface area contributed by atoms with E-state index in [2.05, 4.69) is 32.3 Å². The predicted molar refractivity (Wildman–Crippen MR) is 51.0 cm³/mol. The molecule has 0 N–H and O–H groups in total. The molecule has 10 heavy (non-hydrogen) atoms. The molecule has 0 aromatic rings. The highest BCUT2D eigenvalue weighted by Crippen LogP contribution is 2.12. The van der Waals surface area contributed by atoms with Gasteiger partial charge in [-0.2, -0.15) is 0 Å². The van der Waals surface area contributed by atoms with Crippen molar-refractivity contribution in [3.63, 3.8) is 0 Å². The Labute approximate surface area is 74.4 Å². The summed E-state index contributed by atoms with van der Waals surface area (Å²) in [5, 5.41) is 0.